The molecule has 5 aromatic rings. The average molecular weight is 461 g/mol. The Bertz CT molecular complexity index is 1400. The van der Waals surface area contributed by atoms with E-state index in [1.807, 2.05) is 90.3 Å². The van der Waals surface area contributed by atoms with Crippen LogP contribution in [-0.4, -0.2) is 20.5 Å². The predicted molar refractivity (Wildman–Crippen MR) is 139 cm³/mol. The Morgan fingerprint density at radius 2 is 1.46 bits per heavy atom. The molecule has 1 N–H and O–H groups in total. The lowest BCUT2D eigenvalue weighted by Gasteiger charge is -2.21. The van der Waals surface area contributed by atoms with Crippen molar-refractivity contribution in [2.75, 3.05) is 0 Å². The van der Waals surface area contributed by atoms with Crippen molar-refractivity contribution in [2.24, 2.45) is 0 Å². The molecule has 0 radical (unpaired) electrons. The number of nitrogens with one attached hydrogen (secondary N) is 1. The predicted octanol–water partition coefficient (Wildman–Crippen LogP) is 6.18. The van der Waals surface area contributed by atoms with Gasteiger partial charge in [0.1, 0.15) is 0 Å². The summed E-state index contributed by atoms with van der Waals surface area (Å²) in [6.45, 7) is 4.10. The Morgan fingerprint density at radius 1 is 0.886 bits per heavy atom. The highest BCUT2D eigenvalue weighted by Crippen LogP contribution is 2.29. The van der Waals surface area contributed by atoms with Crippen LogP contribution in [0.25, 0.3) is 16.8 Å². The molecule has 2 aromatic heterocycles. The molecule has 0 atom stereocenters. The van der Waals surface area contributed by atoms with E-state index in [2.05, 4.69) is 24.4 Å². The third-order valence-electron chi connectivity index (χ3n) is 6.25. The van der Waals surface area contributed by atoms with Crippen molar-refractivity contribution >= 4 is 11.6 Å². The van der Waals surface area contributed by atoms with Crippen LogP contribution in [0.2, 0.25) is 0 Å². The summed E-state index contributed by atoms with van der Waals surface area (Å²) in [6, 6.07) is 30.0. The number of rotatable bonds is 7. The molecule has 0 bridgehead atoms. The van der Waals surface area contributed by atoms with Gasteiger partial charge in [-0.05, 0) is 30.0 Å². The molecule has 0 saturated heterocycles. The minimum absolute atomic E-state index is 0.157. The van der Waals surface area contributed by atoms with Crippen molar-refractivity contribution in [3.63, 3.8) is 0 Å². The molecule has 5 rings (SSSR count). The molecular formula is C30H28N4O. The molecule has 0 spiro atoms. The van der Waals surface area contributed by atoms with Crippen molar-refractivity contribution in [1.82, 2.24) is 19.9 Å². The van der Waals surface area contributed by atoms with E-state index in [9.17, 15) is 4.79 Å². The number of hydrogen-bond donors (Lipinski definition) is 1. The van der Waals surface area contributed by atoms with Crippen LogP contribution in [0.3, 0.4) is 0 Å². The first kappa shape index (κ1) is 22.5. The number of benzene rings is 3. The van der Waals surface area contributed by atoms with E-state index in [0.717, 1.165) is 52.1 Å². The van der Waals surface area contributed by atoms with Crippen LogP contribution in [-0.2, 0) is 6.42 Å². The van der Waals surface area contributed by atoms with E-state index in [-0.39, 0.29) is 11.9 Å². The highest BCUT2D eigenvalue weighted by Gasteiger charge is 2.23. The molecule has 0 fully saturated rings. The minimum Gasteiger partial charge on any atom is -0.341 e. The highest BCUT2D eigenvalue weighted by atomic mass is 16.1. The molecule has 3 aromatic carbocycles. The fourth-order valence-corrected chi connectivity index (χ4v) is 4.61. The number of carbonyl (C=O) groups is 1. The fourth-order valence-electron chi connectivity index (χ4n) is 4.61. The number of carbonyl (C=O) groups excluding carboxylic acids is 1. The van der Waals surface area contributed by atoms with Gasteiger partial charge in [0.25, 0.3) is 5.91 Å². The first-order valence-corrected chi connectivity index (χ1v) is 12.0. The molecule has 5 heteroatoms. The second-order valence-electron chi connectivity index (χ2n) is 8.66. The first-order chi connectivity index (χ1) is 17.2. The maximum atomic E-state index is 13.7. The highest BCUT2D eigenvalue weighted by molar-refractivity contribution is 5.96. The lowest BCUT2D eigenvalue weighted by molar-refractivity contribution is 0.0941. The normalized spacial score (nSPS) is 11.2. The average Bonchev–Trinajstić information content (AvgIpc) is 3.25. The standard InChI is InChI=1S/C30H28N4O/c1-3-13-26-25(20-31-29-27(21(2)33-34(26)29)22-14-7-4-8-15-22)30(35)32-28(23-16-9-5-10-17-23)24-18-11-6-12-19-24/h4-12,14-20,28H,3,13H2,1-2H3,(H,32,35). The summed E-state index contributed by atoms with van der Waals surface area (Å²) in [5.41, 5.74) is 7.22. The van der Waals surface area contributed by atoms with Gasteiger partial charge in [0.15, 0.2) is 5.65 Å². The Kier molecular flexibility index (Phi) is 6.40. The molecular weight excluding hydrogens is 432 g/mol. The lowest BCUT2D eigenvalue weighted by atomic mass is 9.98. The second kappa shape index (κ2) is 9.94. The van der Waals surface area contributed by atoms with Crippen LogP contribution in [0.4, 0.5) is 0 Å². The maximum Gasteiger partial charge on any atom is 0.255 e. The van der Waals surface area contributed by atoms with Gasteiger partial charge in [0, 0.05) is 11.8 Å². The van der Waals surface area contributed by atoms with Crippen LogP contribution in [0, 0.1) is 6.92 Å². The lowest BCUT2D eigenvalue weighted by Crippen LogP contribution is -2.31. The van der Waals surface area contributed by atoms with E-state index in [4.69, 9.17) is 10.1 Å². The molecule has 35 heavy (non-hydrogen) atoms. The number of hydrogen-bond acceptors (Lipinski definition) is 3. The summed E-state index contributed by atoms with van der Waals surface area (Å²) in [6.07, 6.45) is 3.31. The number of nitrogens with zero attached hydrogens (tertiary/aromatic N) is 3. The monoisotopic (exact) mass is 460 g/mol. The summed E-state index contributed by atoms with van der Waals surface area (Å²) >= 11 is 0. The minimum atomic E-state index is -0.269. The van der Waals surface area contributed by atoms with Gasteiger partial charge < -0.3 is 5.32 Å². The number of fused-ring (bicyclic) bond motifs is 1. The van der Waals surface area contributed by atoms with Gasteiger partial charge in [-0.3, -0.25) is 4.79 Å². The van der Waals surface area contributed by atoms with Gasteiger partial charge in [-0.2, -0.15) is 5.10 Å². The molecule has 2 heterocycles. The van der Waals surface area contributed by atoms with E-state index < -0.39 is 0 Å². The molecule has 0 aliphatic heterocycles. The van der Waals surface area contributed by atoms with Crippen LogP contribution >= 0.6 is 0 Å². The third kappa shape index (κ3) is 4.45. The Hall–Kier alpha value is -4.25. The summed E-state index contributed by atoms with van der Waals surface area (Å²) in [5.74, 6) is -0.157. The van der Waals surface area contributed by atoms with Crippen LogP contribution in [0.15, 0.2) is 97.2 Å². The van der Waals surface area contributed by atoms with Gasteiger partial charge in [-0.25, -0.2) is 9.50 Å². The van der Waals surface area contributed by atoms with Gasteiger partial charge >= 0.3 is 0 Å². The van der Waals surface area contributed by atoms with Gasteiger partial charge in [0.05, 0.1) is 23.0 Å². The molecule has 0 unspecified atom stereocenters. The number of aromatic nitrogens is 3. The zero-order valence-electron chi connectivity index (χ0n) is 20.0. The molecule has 0 saturated carbocycles. The Morgan fingerprint density at radius 3 is 2.03 bits per heavy atom. The summed E-state index contributed by atoms with van der Waals surface area (Å²) in [7, 11) is 0. The van der Waals surface area contributed by atoms with Crippen molar-refractivity contribution in [3.05, 3.63) is 125 Å². The summed E-state index contributed by atoms with van der Waals surface area (Å²) in [5, 5.41) is 8.08. The molecule has 0 aliphatic rings. The summed E-state index contributed by atoms with van der Waals surface area (Å²) in [4.78, 5) is 18.4. The van der Waals surface area contributed by atoms with Gasteiger partial charge in [-0.1, -0.05) is 104 Å². The van der Waals surface area contributed by atoms with Crippen LogP contribution in [0.1, 0.15) is 52.3 Å². The maximum absolute atomic E-state index is 13.7. The zero-order chi connectivity index (χ0) is 24.2. The van der Waals surface area contributed by atoms with Crippen molar-refractivity contribution in [3.8, 4) is 11.1 Å². The molecule has 174 valence electrons. The van der Waals surface area contributed by atoms with Crippen LogP contribution in [0.5, 0.6) is 0 Å². The summed E-state index contributed by atoms with van der Waals surface area (Å²) < 4.78 is 1.86. The molecule has 5 nitrogen and oxygen atoms in total. The molecule has 1 amide bonds. The van der Waals surface area contributed by atoms with Gasteiger partial charge in [-0.15, -0.1) is 0 Å². The Balaban J connectivity index is 1.58. The smallest absolute Gasteiger partial charge is 0.255 e. The third-order valence-corrected chi connectivity index (χ3v) is 6.25. The quantitative estimate of drug-likeness (QED) is 0.316. The van der Waals surface area contributed by atoms with E-state index in [0.29, 0.717) is 5.56 Å². The van der Waals surface area contributed by atoms with E-state index in [1.54, 1.807) is 6.20 Å². The Labute approximate surface area is 205 Å². The number of amides is 1. The second-order valence-corrected chi connectivity index (χ2v) is 8.66. The number of aryl methyl sites for hydroxylation is 2. The van der Waals surface area contributed by atoms with Gasteiger partial charge in [0.2, 0.25) is 0 Å². The van der Waals surface area contributed by atoms with Crippen LogP contribution < -0.4 is 5.32 Å². The van der Waals surface area contributed by atoms with E-state index >= 15 is 0 Å². The largest absolute Gasteiger partial charge is 0.341 e. The zero-order valence-corrected chi connectivity index (χ0v) is 20.0. The SMILES string of the molecule is CCCc1c(C(=O)NC(c2ccccc2)c2ccccc2)cnc2c(-c3ccccc3)c(C)nn12. The first-order valence-electron chi connectivity index (χ1n) is 12.0. The molecule has 0 aliphatic carbocycles. The van der Waals surface area contributed by atoms with Crippen molar-refractivity contribution in [2.45, 2.75) is 32.7 Å². The fraction of sp³-hybridized carbons (Fsp3) is 0.167. The van der Waals surface area contributed by atoms with Crippen molar-refractivity contribution < 1.29 is 4.79 Å². The topological polar surface area (TPSA) is 59.3 Å². The van der Waals surface area contributed by atoms with E-state index in [1.165, 1.54) is 0 Å². The van der Waals surface area contributed by atoms with Crippen molar-refractivity contribution in [1.29, 1.82) is 0 Å².